The van der Waals surface area contributed by atoms with E-state index in [0.29, 0.717) is 38.8 Å². The number of likely N-dealkylation sites (N-methyl/N-ethyl adjacent to an activating group) is 1. The molecule has 1 aliphatic rings. The smallest absolute Gasteiger partial charge is 0.306 e. The second kappa shape index (κ2) is 9.41. The van der Waals surface area contributed by atoms with Crippen molar-refractivity contribution in [2.24, 2.45) is 5.92 Å². The number of benzene rings is 1. The maximum atomic E-state index is 12.4. The number of rotatable bonds is 7. The van der Waals surface area contributed by atoms with Gasteiger partial charge in [0.15, 0.2) is 0 Å². The Labute approximate surface area is 170 Å². The SMILES string of the molecule is CN(CC(=O)N1CCC(C(=O)O)CC1)C(=O)CCc1ccc(-c2ccccc2)[nH]1. The number of carboxylic acid groups (broad SMARTS) is 1. The molecule has 29 heavy (non-hydrogen) atoms. The van der Waals surface area contributed by atoms with Gasteiger partial charge < -0.3 is 19.9 Å². The van der Waals surface area contributed by atoms with E-state index in [4.69, 9.17) is 5.11 Å². The quantitative estimate of drug-likeness (QED) is 0.750. The van der Waals surface area contributed by atoms with E-state index < -0.39 is 5.97 Å². The summed E-state index contributed by atoms with van der Waals surface area (Å²) in [5.74, 6) is -1.39. The van der Waals surface area contributed by atoms with E-state index in [0.717, 1.165) is 17.0 Å². The van der Waals surface area contributed by atoms with Gasteiger partial charge in [0.2, 0.25) is 11.8 Å². The number of hydrogen-bond acceptors (Lipinski definition) is 3. The number of nitrogens with zero attached hydrogens (tertiary/aromatic N) is 2. The van der Waals surface area contributed by atoms with Crippen LogP contribution in [0.3, 0.4) is 0 Å². The number of piperidine rings is 1. The van der Waals surface area contributed by atoms with Crippen molar-refractivity contribution in [3.63, 3.8) is 0 Å². The highest BCUT2D eigenvalue weighted by Gasteiger charge is 2.27. The number of carbonyl (C=O) groups is 3. The molecule has 7 heteroatoms. The van der Waals surface area contributed by atoms with Gasteiger partial charge in [-0.05, 0) is 37.0 Å². The van der Waals surface area contributed by atoms with E-state index in [2.05, 4.69) is 4.98 Å². The van der Waals surface area contributed by atoms with Crippen LogP contribution in [-0.4, -0.2) is 64.4 Å². The van der Waals surface area contributed by atoms with Crippen LogP contribution in [0.25, 0.3) is 11.3 Å². The molecule has 1 aromatic carbocycles. The zero-order valence-electron chi connectivity index (χ0n) is 16.6. The minimum Gasteiger partial charge on any atom is -0.481 e. The number of nitrogens with one attached hydrogen (secondary N) is 1. The molecule has 3 rings (SSSR count). The van der Waals surface area contributed by atoms with Crippen molar-refractivity contribution in [1.29, 1.82) is 0 Å². The zero-order chi connectivity index (χ0) is 20.8. The maximum Gasteiger partial charge on any atom is 0.306 e. The maximum absolute atomic E-state index is 12.4. The Balaban J connectivity index is 1.44. The first kappa shape index (κ1) is 20.6. The van der Waals surface area contributed by atoms with Gasteiger partial charge in [0, 0.05) is 37.9 Å². The fraction of sp³-hybridized carbons (Fsp3) is 0.409. The van der Waals surface area contributed by atoms with Crippen molar-refractivity contribution < 1.29 is 19.5 Å². The van der Waals surface area contributed by atoms with E-state index in [1.807, 2.05) is 42.5 Å². The lowest BCUT2D eigenvalue weighted by Crippen LogP contribution is -2.45. The van der Waals surface area contributed by atoms with Crippen molar-refractivity contribution in [3.05, 3.63) is 48.2 Å². The second-order valence-electron chi connectivity index (χ2n) is 7.51. The predicted octanol–water partition coefficient (Wildman–Crippen LogP) is 2.40. The van der Waals surface area contributed by atoms with Crippen LogP contribution in [0.4, 0.5) is 0 Å². The standard InChI is InChI=1S/C22H27N3O4/c1-24(15-21(27)25-13-11-17(12-14-25)22(28)29)20(26)10-8-18-7-9-19(23-18)16-5-3-2-4-6-16/h2-7,9,17,23H,8,10-15H2,1H3,(H,28,29). The molecule has 0 unspecified atom stereocenters. The van der Waals surface area contributed by atoms with E-state index in [1.165, 1.54) is 4.90 Å². The van der Waals surface area contributed by atoms with Crippen LogP contribution < -0.4 is 0 Å². The van der Waals surface area contributed by atoms with Crippen molar-refractivity contribution in [2.45, 2.75) is 25.7 Å². The average Bonchev–Trinajstić information content (AvgIpc) is 3.21. The molecule has 1 aliphatic heterocycles. The highest BCUT2D eigenvalue weighted by Crippen LogP contribution is 2.19. The minimum atomic E-state index is -0.802. The third-order valence-electron chi connectivity index (χ3n) is 5.43. The summed E-state index contributed by atoms with van der Waals surface area (Å²) in [5.41, 5.74) is 3.09. The lowest BCUT2D eigenvalue weighted by molar-refractivity contribution is -0.146. The van der Waals surface area contributed by atoms with Crippen LogP contribution in [0, 0.1) is 5.92 Å². The van der Waals surface area contributed by atoms with Gasteiger partial charge in [-0.1, -0.05) is 30.3 Å². The van der Waals surface area contributed by atoms with E-state index >= 15 is 0 Å². The number of H-pyrrole nitrogens is 1. The molecule has 0 spiro atoms. The fourth-order valence-electron chi connectivity index (χ4n) is 3.57. The zero-order valence-corrected chi connectivity index (χ0v) is 16.6. The summed E-state index contributed by atoms with van der Waals surface area (Å²) in [7, 11) is 1.63. The Kier molecular flexibility index (Phi) is 6.69. The molecule has 154 valence electrons. The van der Waals surface area contributed by atoms with Gasteiger partial charge in [-0.25, -0.2) is 0 Å². The fourth-order valence-corrected chi connectivity index (χ4v) is 3.57. The molecule has 2 amide bonds. The number of carbonyl (C=O) groups excluding carboxylic acids is 2. The topological polar surface area (TPSA) is 93.7 Å². The van der Waals surface area contributed by atoms with Gasteiger partial charge in [-0.2, -0.15) is 0 Å². The summed E-state index contributed by atoms with van der Waals surface area (Å²) < 4.78 is 0. The molecule has 0 bridgehead atoms. The molecular formula is C22H27N3O4. The second-order valence-corrected chi connectivity index (χ2v) is 7.51. The Morgan fingerprint density at radius 1 is 1.10 bits per heavy atom. The number of amides is 2. The van der Waals surface area contributed by atoms with Gasteiger partial charge in [-0.3, -0.25) is 14.4 Å². The molecule has 0 aliphatic carbocycles. The average molecular weight is 397 g/mol. The van der Waals surface area contributed by atoms with Crippen molar-refractivity contribution in [2.75, 3.05) is 26.7 Å². The third kappa shape index (κ3) is 5.47. The number of hydrogen-bond donors (Lipinski definition) is 2. The summed E-state index contributed by atoms with van der Waals surface area (Å²) >= 11 is 0. The number of aromatic nitrogens is 1. The van der Waals surface area contributed by atoms with Crippen molar-refractivity contribution in [1.82, 2.24) is 14.8 Å². The van der Waals surface area contributed by atoms with E-state index in [1.54, 1.807) is 11.9 Å². The van der Waals surface area contributed by atoms with Crippen molar-refractivity contribution >= 4 is 17.8 Å². The van der Waals surface area contributed by atoms with Crippen molar-refractivity contribution in [3.8, 4) is 11.3 Å². The number of aliphatic carboxylic acids is 1. The van der Waals surface area contributed by atoms with Gasteiger partial charge in [0.1, 0.15) is 0 Å². The number of carboxylic acids is 1. The van der Waals surface area contributed by atoms with Crippen LogP contribution in [0.2, 0.25) is 0 Å². The molecule has 1 saturated heterocycles. The lowest BCUT2D eigenvalue weighted by atomic mass is 9.97. The molecule has 0 saturated carbocycles. The van der Waals surface area contributed by atoms with Crippen LogP contribution in [0.15, 0.2) is 42.5 Å². The Morgan fingerprint density at radius 2 is 1.79 bits per heavy atom. The van der Waals surface area contributed by atoms with Crippen LogP contribution >= 0.6 is 0 Å². The summed E-state index contributed by atoms with van der Waals surface area (Å²) in [5, 5.41) is 9.04. The normalized spacial score (nSPS) is 14.6. The summed E-state index contributed by atoms with van der Waals surface area (Å²) in [6.07, 6.45) is 1.83. The molecule has 2 heterocycles. The summed E-state index contributed by atoms with van der Waals surface area (Å²) in [6.45, 7) is 0.891. The third-order valence-corrected chi connectivity index (χ3v) is 5.43. The molecule has 0 radical (unpaired) electrons. The van der Waals surface area contributed by atoms with Gasteiger partial charge in [-0.15, -0.1) is 0 Å². The van der Waals surface area contributed by atoms with Crippen LogP contribution in [-0.2, 0) is 20.8 Å². The summed E-state index contributed by atoms with van der Waals surface area (Å²) in [4.78, 5) is 42.3. The molecule has 7 nitrogen and oxygen atoms in total. The highest BCUT2D eigenvalue weighted by atomic mass is 16.4. The largest absolute Gasteiger partial charge is 0.481 e. The number of aryl methyl sites for hydroxylation is 1. The Morgan fingerprint density at radius 3 is 2.45 bits per heavy atom. The minimum absolute atomic E-state index is 0.0244. The molecular weight excluding hydrogens is 370 g/mol. The Hall–Kier alpha value is -3.09. The molecule has 2 N–H and O–H groups in total. The van der Waals surface area contributed by atoms with Crippen LogP contribution in [0.5, 0.6) is 0 Å². The molecule has 0 atom stereocenters. The van der Waals surface area contributed by atoms with Gasteiger partial charge >= 0.3 is 5.97 Å². The molecule has 1 fully saturated rings. The number of aromatic amines is 1. The highest BCUT2D eigenvalue weighted by molar-refractivity contribution is 5.85. The van der Waals surface area contributed by atoms with E-state index in [9.17, 15) is 14.4 Å². The Bertz CT molecular complexity index is 854. The number of likely N-dealkylation sites (tertiary alicyclic amines) is 1. The monoisotopic (exact) mass is 397 g/mol. The molecule has 2 aromatic rings. The summed E-state index contributed by atoms with van der Waals surface area (Å²) in [6, 6.07) is 14.0. The molecule has 1 aromatic heterocycles. The first-order valence-corrected chi connectivity index (χ1v) is 9.92. The lowest BCUT2D eigenvalue weighted by Gasteiger charge is -2.31. The van der Waals surface area contributed by atoms with Gasteiger partial charge in [0.25, 0.3) is 0 Å². The van der Waals surface area contributed by atoms with Crippen LogP contribution in [0.1, 0.15) is 25.0 Å². The predicted molar refractivity (Wildman–Crippen MR) is 109 cm³/mol. The van der Waals surface area contributed by atoms with Gasteiger partial charge in [0.05, 0.1) is 12.5 Å². The van der Waals surface area contributed by atoms with E-state index in [-0.39, 0.29) is 24.3 Å². The first-order valence-electron chi connectivity index (χ1n) is 9.92. The first-order chi connectivity index (χ1) is 13.9.